The van der Waals surface area contributed by atoms with Crippen LogP contribution in [0.4, 0.5) is 5.82 Å². The Hall–Kier alpha value is -1.33. The molecule has 1 aliphatic rings. The molecule has 2 heterocycles. The van der Waals surface area contributed by atoms with Gasteiger partial charge in [0.25, 0.3) is 0 Å². The second kappa shape index (κ2) is 5.35. The fraction of sp³-hybridized carbons (Fsp3) is 0.143. The van der Waals surface area contributed by atoms with Crippen molar-refractivity contribution in [3.8, 4) is 0 Å². The standard InChI is InChI=1S/C14H11BrN2OS/c15-12-6-3-7-13(16-12)17-14(18)10-8-19-11-5-2-1-4-9(10)11/h1-7,10H,8H2,(H,16,17,18). The van der Waals surface area contributed by atoms with Crippen LogP contribution in [-0.4, -0.2) is 16.6 Å². The van der Waals surface area contributed by atoms with Crippen molar-refractivity contribution in [3.05, 3.63) is 52.6 Å². The Morgan fingerprint density at radius 1 is 1.26 bits per heavy atom. The average Bonchev–Trinajstić information content (AvgIpc) is 2.82. The molecule has 1 aromatic heterocycles. The lowest BCUT2D eigenvalue weighted by Gasteiger charge is -2.11. The van der Waals surface area contributed by atoms with Crippen molar-refractivity contribution in [1.82, 2.24) is 4.98 Å². The Morgan fingerprint density at radius 3 is 2.95 bits per heavy atom. The van der Waals surface area contributed by atoms with Gasteiger partial charge in [0.15, 0.2) is 0 Å². The Morgan fingerprint density at radius 2 is 2.11 bits per heavy atom. The van der Waals surface area contributed by atoms with E-state index < -0.39 is 0 Å². The van der Waals surface area contributed by atoms with Crippen LogP contribution in [0.3, 0.4) is 0 Å². The minimum atomic E-state index is -0.0954. The topological polar surface area (TPSA) is 42.0 Å². The molecule has 1 amide bonds. The lowest BCUT2D eigenvalue weighted by atomic mass is 10.0. The fourth-order valence-corrected chi connectivity index (χ4v) is 3.64. The van der Waals surface area contributed by atoms with E-state index in [2.05, 4.69) is 32.3 Å². The molecule has 0 spiro atoms. The number of amides is 1. The van der Waals surface area contributed by atoms with E-state index in [-0.39, 0.29) is 11.8 Å². The number of anilines is 1. The molecule has 1 atom stereocenters. The number of carbonyl (C=O) groups is 1. The first kappa shape index (κ1) is 12.7. The van der Waals surface area contributed by atoms with Crippen LogP contribution in [-0.2, 0) is 4.79 Å². The zero-order valence-electron chi connectivity index (χ0n) is 9.97. The lowest BCUT2D eigenvalue weighted by molar-refractivity contribution is -0.117. The number of halogens is 1. The zero-order valence-corrected chi connectivity index (χ0v) is 12.4. The summed E-state index contributed by atoms with van der Waals surface area (Å²) in [6.45, 7) is 0. The van der Waals surface area contributed by atoms with Gasteiger partial charge in [-0.05, 0) is 39.7 Å². The number of carbonyl (C=O) groups excluding carboxylic acids is 1. The highest BCUT2D eigenvalue weighted by molar-refractivity contribution is 9.10. The van der Waals surface area contributed by atoms with Crippen molar-refractivity contribution in [3.63, 3.8) is 0 Å². The summed E-state index contributed by atoms with van der Waals surface area (Å²) in [5, 5.41) is 2.87. The maximum Gasteiger partial charge on any atom is 0.233 e. The van der Waals surface area contributed by atoms with E-state index >= 15 is 0 Å². The van der Waals surface area contributed by atoms with Gasteiger partial charge in [-0.25, -0.2) is 4.98 Å². The number of fused-ring (bicyclic) bond motifs is 1. The van der Waals surface area contributed by atoms with Gasteiger partial charge in [0, 0.05) is 10.6 Å². The number of aromatic nitrogens is 1. The van der Waals surface area contributed by atoms with Gasteiger partial charge in [-0.15, -0.1) is 11.8 Å². The minimum absolute atomic E-state index is 0.00282. The summed E-state index contributed by atoms with van der Waals surface area (Å²) in [4.78, 5) is 17.7. The van der Waals surface area contributed by atoms with Crippen molar-refractivity contribution in [2.45, 2.75) is 10.8 Å². The number of nitrogens with zero attached hydrogens (tertiary/aromatic N) is 1. The van der Waals surface area contributed by atoms with E-state index in [1.807, 2.05) is 30.3 Å². The van der Waals surface area contributed by atoms with Crippen LogP contribution >= 0.6 is 27.7 Å². The summed E-state index contributed by atoms with van der Waals surface area (Å²) in [5.41, 5.74) is 1.11. The number of benzene rings is 1. The number of rotatable bonds is 2. The summed E-state index contributed by atoms with van der Waals surface area (Å²) in [6, 6.07) is 13.5. The number of hydrogen-bond acceptors (Lipinski definition) is 3. The van der Waals surface area contributed by atoms with Gasteiger partial charge in [0.2, 0.25) is 5.91 Å². The molecular formula is C14H11BrN2OS. The molecule has 0 bridgehead atoms. The summed E-state index contributed by atoms with van der Waals surface area (Å²) < 4.78 is 0.714. The molecule has 96 valence electrons. The number of pyridine rings is 1. The quantitative estimate of drug-likeness (QED) is 0.852. The zero-order chi connectivity index (χ0) is 13.2. The van der Waals surface area contributed by atoms with Crippen LogP contribution in [0.15, 0.2) is 52.0 Å². The first-order valence-corrected chi connectivity index (χ1v) is 7.67. The Balaban J connectivity index is 1.79. The van der Waals surface area contributed by atoms with Gasteiger partial charge < -0.3 is 5.32 Å². The van der Waals surface area contributed by atoms with Crippen molar-refractivity contribution in [2.24, 2.45) is 0 Å². The second-order valence-electron chi connectivity index (χ2n) is 4.24. The molecule has 0 saturated carbocycles. The van der Waals surface area contributed by atoms with E-state index in [0.29, 0.717) is 10.4 Å². The lowest BCUT2D eigenvalue weighted by Crippen LogP contribution is -2.21. The highest BCUT2D eigenvalue weighted by Gasteiger charge is 2.29. The number of nitrogens with one attached hydrogen (secondary N) is 1. The second-order valence-corrected chi connectivity index (χ2v) is 6.11. The Kier molecular flexibility index (Phi) is 3.57. The molecule has 1 unspecified atom stereocenters. The van der Waals surface area contributed by atoms with E-state index in [9.17, 15) is 4.79 Å². The van der Waals surface area contributed by atoms with Gasteiger partial charge >= 0.3 is 0 Å². The fourth-order valence-electron chi connectivity index (χ4n) is 2.07. The van der Waals surface area contributed by atoms with Crippen LogP contribution in [0.1, 0.15) is 11.5 Å². The van der Waals surface area contributed by atoms with Gasteiger partial charge in [-0.2, -0.15) is 0 Å². The van der Waals surface area contributed by atoms with Crippen LogP contribution in [0, 0.1) is 0 Å². The summed E-state index contributed by atoms with van der Waals surface area (Å²) in [6.07, 6.45) is 0. The van der Waals surface area contributed by atoms with Gasteiger partial charge in [0.1, 0.15) is 10.4 Å². The molecule has 0 radical (unpaired) electrons. The molecule has 0 fully saturated rings. The number of thioether (sulfide) groups is 1. The summed E-state index contributed by atoms with van der Waals surface area (Å²) in [5.74, 6) is 1.28. The van der Waals surface area contributed by atoms with Crippen LogP contribution in [0.25, 0.3) is 0 Å². The van der Waals surface area contributed by atoms with E-state index in [4.69, 9.17) is 0 Å². The monoisotopic (exact) mass is 334 g/mol. The Bertz CT molecular complexity index is 632. The minimum Gasteiger partial charge on any atom is -0.310 e. The van der Waals surface area contributed by atoms with Crippen molar-refractivity contribution >= 4 is 39.4 Å². The third kappa shape index (κ3) is 2.67. The number of hydrogen-bond donors (Lipinski definition) is 1. The third-order valence-electron chi connectivity index (χ3n) is 2.98. The molecule has 5 heteroatoms. The predicted molar refractivity (Wildman–Crippen MR) is 80.5 cm³/mol. The Labute approximate surface area is 123 Å². The van der Waals surface area contributed by atoms with Crippen molar-refractivity contribution in [1.29, 1.82) is 0 Å². The first-order chi connectivity index (χ1) is 9.24. The summed E-state index contributed by atoms with van der Waals surface area (Å²) >= 11 is 5.02. The molecule has 0 aliphatic carbocycles. The molecule has 1 aromatic carbocycles. The molecule has 0 saturated heterocycles. The largest absolute Gasteiger partial charge is 0.310 e. The molecule has 19 heavy (non-hydrogen) atoms. The van der Waals surface area contributed by atoms with Crippen molar-refractivity contribution < 1.29 is 4.79 Å². The summed E-state index contributed by atoms with van der Waals surface area (Å²) in [7, 11) is 0. The molecule has 3 nitrogen and oxygen atoms in total. The van der Waals surface area contributed by atoms with Gasteiger partial charge in [-0.3, -0.25) is 4.79 Å². The van der Waals surface area contributed by atoms with Crippen LogP contribution in [0.2, 0.25) is 0 Å². The predicted octanol–water partition coefficient (Wildman–Crippen LogP) is 3.67. The molecule has 1 aliphatic heterocycles. The molecular weight excluding hydrogens is 324 g/mol. The normalized spacial score (nSPS) is 17.0. The SMILES string of the molecule is O=C(Nc1cccc(Br)n1)C1CSc2ccccc21. The molecule has 1 N–H and O–H groups in total. The van der Waals surface area contributed by atoms with Crippen LogP contribution in [0.5, 0.6) is 0 Å². The highest BCUT2D eigenvalue weighted by atomic mass is 79.9. The molecule has 2 aromatic rings. The maximum absolute atomic E-state index is 12.3. The van der Waals surface area contributed by atoms with Gasteiger partial charge in [0.05, 0.1) is 5.92 Å². The van der Waals surface area contributed by atoms with E-state index in [0.717, 1.165) is 11.3 Å². The van der Waals surface area contributed by atoms with Crippen LogP contribution < -0.4 is 5.32 Å². The third-order valence-corrected chi connectivity index (χ3v) is 4.61. The molecule has 3 rings (SSSR count). The average molecular weight is 335 g/mol. The highest BCUT2D eigenvalue weighted by Crippen LogP contribution is 2.39. The van der Waals surface area contributed by atoms with E-state index in [1.165, 1.54) is 4.90 Å². The van der Waals surface area contributed by atoms with Gasteiger partial charge in [-0.1, -0.05) is 24.3 Å². The van der Waals surface area contributed by atoms with Crippen molar-refractivity contribution in [2.75, 3.05) is 11.1 Å². The van der Waals surface area contributed by atoms with E-state index in [1.54, 1.807) is 17.8 Å². The first-order valence-electron chi connectivity index (χ1n) is 5.89. The maximum atomic E-state index is 12.3. The smallest absolute Gasteiger partial charge is 0.233 e.